The van der Waals surface area contributed by atoms with E-state index in [2.05, 4.69) is 23.9 Å². The predicted molar refractivity (Wildman–Crippen MR) is 60.7 cm³/mol. The Bertz CT molecular complexity index is 201. The van der Waals surface area contributed by atoms with Gasteiger partial charge in [-0.15, -0.1) is 0 Å². The van der Waals surface area contributed by atoms with Crippen molar-refractivity contribution in [1.82, 2.24) is 0 Å². The topological polar surface area (TPSA) is 0 Å². The number of rotatable bonds is 2. The molecule has 72 valence electrons. The van der Waals surface area contributed by atoms with Gasteiger partial charge in [0, 0.05) is 0 Å². The Morgan fingerprint density at radius 3 is 1.69 bits per heavy atom. The lowest BCUT2D eigenvalue weighted by Crippen LogP contribution is -1.92. The first-order chi connectivity index (χ1) is 6.45. The van der Waals surface area contributed by atoms with Crippen molar-refractivity contribution in [3.8, 4) is 0 Å². The summed E-state index contributed by atoms with van der Waals surface area (Å²) in [7, 11) is 0. The zero-order valence-electron chi connectivity index (χ0n) is 8.22. The van der Waals surface area contributed by atoms with E-state index in [-0.39, 0.29) is 0 Å². The van der Waals surface area contributed by atoms with Crippen molar-refractivity contribution in [2.75, 3.05) is 0 Å². The third-order valence-electron chi connectivity index (χ3n) is 2.76. The molecule has 0 radical (unpaired) electrons. The Morgan fingerprint density at radius 2 is 1.31 bits per heavy atom. The lowest BCUT2D eigenvalue weighted by atomic mass is 10.1. The van der Waals surface area contributed by atoms with Gasteiger partial charge in [-0.1, -0.05) is 23.9 Å². The minimum Gasteiger partial charge on any atom is -0.0997 e. The maximum Gasteiger partial charge on any atom is -0.0146 e. The highest BCUT2D eigenvalue weighted by Crippen LogP contribution is 2.37. The summed E-state index contributed by atoms with van der Waals surface area (Å²) in [6.45, 7) is 0. The highest BCUT2D eigenvalue weighted by atomic mass is 32.2. The Labute approximate surface area is 85.5 Å². The third kappa shape index (κ3) is 2.91. The average molecular weight is 194 g/mol. The van der Waals surface area contributed by atoms with Crippen LogP contribution in [-0.4, -0.2) is 0 Å². The number of hydrogen-bond acceptors (Lipinski definition) is 1. The summed E-state index contributed by atoms with van der Waals surface area (Å²) in [5.74, 6) is 0. The van der Waals surface area contributed by atoms with E-state index >= 15 is 0 Å². The largest absolute Gasteiger partial charge is 0.0997 e. The van der Waals surface area contributed by atoms with Gasteiger partial charge >= 0.3 is 0 Å². The van der Waals surface area contributed by atoms with Crippen molar-refractivity contribution >= 4 is 11.8 Å². The van der Waals surface area contributed by atoms with E-state index < -0.39 is 0 Å². The lowest BCUT2D eigenvalue weighted by molar-refractivity contribution is 0.717. The van der Waals surface area contributed by atoms with Crippen LogP contribution in [0.5, 0.6) is 0 Å². The van der Waals surface area contributed by atoms with Crippen LogP contribution in [0, 0.1) is 0 Å². The Hall–Kier alpha value is -0.170. The Morgan fingerprint density at radius 1 is 0.769 bits per heavy atom. The van der Waals surface area contributed by atoms with Crippen LogP contribution in [-0.2, 0) is 0 Å². The minimum atomic E-state index is 1.32. The van der Waals surface area contributed by atoms with Crippen LogP contribution in [0.3, 0.4) is 0 Å². The van der Waals surface area contributed by atoms with Crippen LogP contribution in [0.4, 0.5) is 0 Å². The highest BCUT2D eigenvalue weighted by Gasteiger charge is 2.09. The van der Waals surface area contributed by atoms with Crippen molar-refractivity contribution in [3.05, 3.63) is 22.0 Å². The smallest absolute Gasteiger partial charge is 0.0146 e. The molecule has 0 aromatic carbocycles. The lowest BCUT2D eigenvalue weighted by Gasteiger charge is -2.16. The number of hydrogen-bond donors (Lipinski definition) is 0. The van der Waals surface area contributed by atoms with Crippen LogP contribution in [0.25, 0.3) is 0 Å². The molecule has 0 amide bonds. The van der Waals surface area contributed by atoms with E-state index in [0.717, 1.165) is 0 Å². The fourth-order valence-electron chi connectivity index (χ4n) is 1.97. The molecule has 0 aromatic heterocycles. The van der Waals surface area contributed by atoms with Crippen LogP contribution >= 0.6 is 11.8 Å². The quantitative estimate of drug-likeness (QED) is 0.617. The molecule has 0 aromatic rings. The fraction of sp³-hybridized carbons (Fsp3) is 0.667. The van der Waals surface area contributed by atoms with E-state index in [9.17, 15) is 0 Å². The van der Waals surface area contributed by atoms with Gasteiger partial charge in [-0.2, -0.15) is 0 Å². The molecule has 0 fully saturated rings. The second kappa shape index (κ2) is 4.90. The van der Waals surface area contributed by atoms with Crippen molar-refractivity contribution in [2.24, 2.45) is 0 Å². The zero-order chi connectivity index (χ0) is 8.93. The van der Waals surface area contributed by atoms with Crippen molar-refractivity contribution < 1.29 is 0 Å². The first-order valence-corrected chi connectivity index (χ1v) is 6.33. The minimum absolute atomic E-state index is 1.32. The Kier molecular flexibility index (Phi) is 3.54. The molecule has 0 N–H and O–H groups in total. The molecule has 0 unspecified atom stereocenters. The fourth-order valence-corrected chi connectivity index (χ4v) is 3.20. The molecule has 2 aliphatic carbocycles. The maximum absolute atomic E-state index is 2.45. The molecule has 0 heterocycles. The molecule has 0 saturated carbocycles. The van der Waals surface area contributed by atoms with Gasteiger partial charge in [0.2, 0.25) is 0 Å². The molecule has 0 aliphatic heterocycles. The van der Waals surface area contributed by atoms with Gasteiger partial charge in [0.25, 0.3) is 0 Å². The third-order valence-corrected chi connectivity index (χ3v) is 4.03. The van der Waals surface area contributed by atoms with Gasteiger partial charge in [-0.25, -0.2) is 0 Å². The summed E-state index contributed by atoms with van der Waals surface area (Å²) in [5.41, 5.74) is 0. The van der Waals surface area contributed by atoms with Crippen molar-refractivity contribution in [2.45, 2.75) is 51.4 Å². The predicted octanol–water partition coefficient (Wildman–Crippen LogP) is 4.64. The van der Waals surface area contributed by atoms with Gasteiger partial charge in [0.05, 0.1) is 0 Å². The number of thioether (sulfide) groups is 1. The van der Waals surface area contributed by atoms with Gasteiger partial charge in [0.15, 0.2) is 0 Å². The summed E-state index contributed by atoms with van der Waals surface area (Å²) >= 11 is 2.06. The SMILES string of the molecule is C1=C(SC2=CCCCC2)CCCC1. The van der Waals surface area contributed by atoms with E-state index in [1.165, 1.54) is 51.4 Å². The molecule has 2 rings (SSSR count). The van der Waals surface area contributed by atoms with E-state index in [0.29, 0.717) is 0 Å². The van der Waals surface area contributed by atoms with Crippen molar-refractivity contribution in [1.29, 1.82) is 0 Å². The standard InChI is InChI=1S/C12H18S/c1-3-7-11(8-4-1)13-12-9-5-2-6-10-12/h7,9H,1-6,8,10H2. The summed E-state index contributed by atoms with van der Waals surface area (Å²) in [6, 6.07) is 0. The monoisotopic (exact) mass is 194 g/mol. The first-order valence-electron chi connectivity index (χ1n) is 5.51. The maximum atomic E-state index is 2.45. The molecule has 0 bridgehead atoms. The van der Waals surface area contributed by atoms with Crippen molar-refractivity contribution in [3.63, 3.8) is 0 Å². The molecule has 0 saturated heterocycles. The van der Waals surface area contributed by atoms with E-state index in [4.69, 9.17) is 0 Å². The van der Waals surface area contributed by atoms with Crippen LogP contribution in [0.15, 0.2) is 22.0 Å². The molecule has 1 heteroatoms. The molecule has 0 atom stereocenters. The van der Waals surface area contributed by atoms with Crippen LogP contribution in [0.1, 0.15) is 51.4 Å². The summed E-state index contributed by atoms with van der Waals surface area (Å²) in [4.78, 5) is 3.28. The molecule has 0 nitrogen and oxygen atoms in total. The van der Waals surface area contributed by atoms with Crippen LogP contribution in [0.2, 0.25) is 0 Å². The zero-order valence-corrected chi connectivity index (χ0v) is 9.04. The van der Waals surface area contributed by atoms with Gasteiger partial charge in [-0.3, -0.25) is 0 Å². The normalized spacial score (nSPS) is 23.7. The van der Waals surface area contributed by atoms with E-state index in [1.807, 2.05) is 0 Å². The second-order valence-corrected chi connectivity index (χ2v) is 5.19. The highest BCUT2D eigenvalue weighted by molar-refractivity contribution is 8.06. The molecule has 13 heavy (non-hydrogen) atoms. The summed E-state index contributed by atoms with van der Waals surface area (Å²) in [5, 5.41) is 0. The molecule has 2 aliphatic rings. The number of allylic oxidation sites excluding steroid dienone is 4. The van der Waals surface area contributed by atoms with E-state index in [1.54, 1.807) is 9.81 Å². The Balaban J connectivity index is 1.88. The van der Waals surface area contributed by atoms with Gasteiger partial charge in [-0.05, 0) is 61.2 Å². The summed E-state index contributed by atoms with van der Waals surface area (Å²) in [6.07, 6.45) is 15.8. The molecular formula is C12H18S. The van der Waals surface area contributed by atoms with Crippen LogP contribution < -0.4 is 0 Å². The summed E-state index contributed by atoms with van der Waals surface area (Å²) < 4.78 is 0. The van der Waals surface area contributed by atoms with Gasteiger partial charge in [0.1, 0.15) is 0 Å². The second-order valence-electron chi connectivity index (χ2n) is 3.93. The molecule has 0 spiro atoms. The average Bonchev–Trinajstić information content (AvgIpc) is 2.21. The van der Waals surface area contributed by atoms with Gasteiger partial charge < -0.3 is 0 Å². The molecular weight excluding hydrogens is 176 g/mol. The first kappa shape index (κ1) is 9.39.